The van der Waals surface area contributed by atoms with Crippen LogP contribution in [-0.2, 0) is 0 Å². The molecule has 0 radical (unpaired) electrons. The first kappa shape index (κ1) is 7.80. The van der Waals surface area contributed by atoms with Crippen LogP contribution in [-0.4, -0.2) is 22.4 Å². The highest BCUT2D eigenvalue weighted by Gasteiger charge is 2.21. The van der Waals surface area contributed by atoms with Gasteiger partial charge in [0.05, 0.1) is 6.04 Å². The second-order valence-electron chi connectivity index (χ2n) is 3.43. The summed E-state index contributed by atoms with van der Waals surface area (Å²) in [6, 6.07) is 3.08. The van der Waals surface area contributed by atoms with Crippen LogP contribution < -0.4 is 5.32 Å². The minimum atomic E-state index is 0.488. The molecule has 1 aromatic rings. The zero-order valence-corrected chi connectivity index (χ0v) is 7.40. The van der Waals surface area contributed by atoms with Crippen molar-refractivity contribution >= 4 is 0 Å². The number of nitrogens with one attached hydrogen (secondary N) is 1. The van der Waals surface area contributed by atoms with E-state index in [1.54, 1.807) is 0 Å². The number of aromatic nitrogens is 2. The molecule has 0 amide bonds. The van der Waals surface area contributed by atoms with Gasteiger partial charge in [-0.15, -0.1) is 0 Å². The Morgan fingerprint density at radius 3 is 3.17 bits per heavy atom. The van der Waals surface area contributed by atoms with Crippen LogP contribution in [0.5, 0.6) is 0 Å². The van der Waals surface area contributed by atoms with Crippen LogP contribution in [0.1, 0.15) is 25.8 Å². The Bertz CT molecular complexity index is 224. The summed E-state index contributed by atoms with van der Waals surface area (Å²) < 4.78 is 2.03. The van der Waals surface area contributed by atoms with E-state index in [-0.39, 0.29) is 0 Å². The van der Waals surface area contributed by atoms with Crippen molar-refractivity contribution in [2.24, 2.45) is 0 Å². The lowest BCUT2D eigenvalue weighted by molar-refractivity contribution is 0.379. The van der Waals surface area contributed by atoms with Crippen LogP contribution >= 0.6 is 0 Å². The first-order chi connectivity index (χ1) is 5.88. The van der Waals surface area contributed by atoms with Crippen molar-refractivity contribution < 1.29 is 0 Å². The van der Waals surface area contributed by atoms with E-state index in [2.05, 4.69) is 17.3 Å². The Hall–Kier alpha value is -0.830. The van der Waals surface area contributed by atoms with Crippen molar-refractivity contribution in [3.63, 3.8) is 0 Å². The Kier molecular flexibility index (Phi) is 2.13. The predicted octanol–water partition coefficient (Wildman–Crippen LogP) is 1.20. The van der Waals surface area contributed by atoms with Crippen LogP contribution in [0, 0.1) is 0 Å². The molecule has 1 aromatic heterocycles. The molecule has 2 rings (SSSR count). The zero-order valence-electron chi connectivity index (χ0n) is 7.40. The third kappa shape index (κ3) is 1.37. The summed E-state index contributed by atoms with van der Waals surface area (Å²) in [7, 11) is 0. The molecule has 3 nitrogen and oxygen atoms in total. The van der Waals surface area contributed by atoms with Gasteiger partial charge in [0.1, 0.15) is 0 Å². The zero-order chi connectivity index (χ0) is 8.39. The lowest BCUT2D eigenvalue weighted by atomic mass is 10.1. The minimum absolute atomic E-state index is 0.488. The monoisotopic (exact) mass is 165 g/mol. The largest absolute Gasteiger partial charge is 0.312 e. The first-order valence-corrected chi connectivity index (χ1v) is 4.60. The maximum atomic E-state index is 4.24. The third-order valence-corrected chi connectivity index (χ3v) is 2.62. The molecular weight excluding hydrogens is 150 g/mol. The van der Waals surface area contributed by atoms with Crippen molar-refractivity contribution in [3.05, 3.63) is 18.5 Å². The summed E-state index contributed by atoms with van der Waals surface area (Å²) in [5, 5.41) is 7.72. The van der Waals surface area contributed by atoms with E-state index in [4.69, 9.17) is 0 Å². The van der Waals surface area contributed by atoms with E-state index in [0.29, 0.717) is 12.1 Å². The van der Waals surface area contributed by atoms with Gasteiger partial charge in [0.25, 0.3) is 0 Å². The van der Waals surface area contributed by atoms with Crippen molar-refractivity contribution in [1.82, 2.24) is 15.1 Å². The molecule has 1 fully saturated rings. The number of hydrogen-bond donors (Lipinski definition) is 1. The standard InChI is InChI=1S/C9H15N3/c1-8(9-4-2-5-10-9)12-7-3-6-11-12/h3,6-10H,2,4-5H2,1H3/t8-,9-/m0/s1. The SMILES string of the molecule is C[C@@H]([C@@H]1CCCN1)n1cccn1. The second kappa shape index (κ2) is 3.27. The van der Waals surface area contributed by atoms with E-state index >= 15 is 0 Å². The maximum absolute atomic E-state index is 4.24. The van der Waals surface area contributed by atoms with Crippen LogP contribution in [0.25, 0.3) is 0 Å². The molecule has 1 aliphatic heterocycles. The normalized spacial score (nSPS) is 25.9. The highest BCUT2D eigenvalue weighted by atomic mass is 15.3. The Labute approximate surface area is 72.8 Å². The van der Waals surface area contributed by atoms with Crippen molar-refractivity contribution in [1.29, 1.82) is 0 Å². The van der Waals surface area contributed by atoms with Gasteiger partial charge in [0.2, 0.25) is 0 Å². The third-order valence-electron chi connectivity index (χ3n) is 2.62. The summed E-state index contributed by atoms with van der Waals surface area (Å²) in [5.74, 6) is 0. The molecule has 2 heterocycles. The lowest BCUT2D eigenvalue weighted by Crippen LogP contribution is -2.30. The Morgan fingerprint density at radius 1 is 1.67 bits per heavy atom. The van der Waals surface area contributed by atoms with Gasteiger partial charge in [-0.2, -0.15) is 5.10 Å². The van der Waals surface area contributed by atoms with E-state index in [9.17, 15) is 0 Å². The van der Waals surface area contributed by atoms with Crippen molar-refractivity contribution in [2.45, 2.75) is 31.8 Å². The molecule has 0 aliphatic carbocycles. The quantitative estimate of drug-likeness (QED) is 0.713. The van der Waals surface area contributed by atoms with Gasteiger partial charge < -0.3 is 5.32 Å². The van der Waals surface area contributed by atoms with Gasteiger partial charge in [0.15, 0.2) is 0 Å². The van der Waals surface area contributed by atoms with Crippen LogP contribution in [0.2, 0.25) is 0 Å². The fourth-order valence-electron chi connectivity index (χ4n) is 1.83. The summed E-state index contributed by atoms with van der Waals surface area (Å²) in [4.78, 5) is 0. The Morgan fingerprint density at radius 2 is 2.58 bits per heavy atom. The van der Waals surface area contributed by atoms with Gasteiger partial charge in [0, 0.05) is 18.4 Å². The summed E-state index contributed by atoms with van der Waals surface area (Å²) >= 11 is 0. The molecule has 1 N–H and O–H groups in total. The topological polar surface area (TPSA) is 29.9 Å². The van der Waals surface area contributed by atoms with Gasteiger partial charge in [-0.05, 0) is 32.4 Å². The fraction of sp³-hybridized carbons (Fsp3) is 0.667. The molecule has 1 saturated heterocycles. The number of hydrogen-bond acceptors (Lipinski definition) is 2. The molecule has 0 spiro atoms. The molecule has 2 atom stereocenters. The van der Waals surface area contributed by atoms with Crippen molar-refractivity contribution in [2.75, 3.05) is 6.54 Å². The number of nitrogens with zero attached hydrogens (tertiary/aromatic N) is 2. The van der Waals surface area contributed by atoms with E-state index in [1.807, 2.05) is 23.1 Å². The van der Waals surface area contributed by atoms with Crippen LogP contribution in [0.4, 0.5) is 0 Å². The van der Waals surface area contributed by atoms with Crippen LogP contribution in [0.15, 0.2) is 18.5 Å². The second-order valence-corrected chi connectivity index (χ2v) is 3.43. The molecule has 0 aromatic carbocycles. The minimum Gasteiger partial charge on any atom is -0.312 e. The summed E-state index contributed by atoms with van der Waals surface area (Å²) in [6.07, 6.45) is 6.45. The lowest BCUT2D eigenvalue weighted by Gasteiger charge is -2.19. The Balaban J connectivity index is 2.04. The van der Waals surface area contributed by atoms with Gasteiger partial charge in [-0.1, -0.05) is 0 Å². The number of rotatable bonds is 2. The molecule has 12 heavy (non-hydrogen) atoms. The highest BCUT2D eigenvalue weighted by Crippen LogP contribution is 2.17. The fourth-order valence-corrected chi connectivity index (χ4v) is 1.83. The van der Waals surface area contributed by atoms with E-state index < -0.39 is 0 Å². The molecule has 1 aliphatic rings. The first-order valence-electron chi connectivity index (χ1n) is 4.60. The highest BCUT2D eigenvalue weighted by molar-refractivity contribution is 4.87. The van der Waals surface area contributed by atoms with Crippen molar-refractivity contribution in [3.8, 4) is 0 Å². The van der Waals surface area contributed by atoms with Crippen LogP contribution in [0.3, 0.4) is 0 Å². The predicted molar refractivity (Wildman–Crippen MR) is 48.0 cm³/mol. The van der Waals surface area contributed by atoms with Gasteiger partial charge in [-0.3, -0.25) is 4.68 Å². The van der Waals surface area contributed by atoms with Gasteiger partial charge >= 0.3 is 0 Å². The molecular formula is C9H15N3. The van der Waals surface area contributed by atoms with E-state index in [0.717, 1.165) is 6.54 Å². The smallest absolute Gasteiger partial charge is 0.0643 e. The maximum Gasteiger partial charge on any atom is 0.0643 e. The average molecular weight is 165 g/mol. The molecule has 66 valence electrons. The average Bonchev–Trinajstić information content (AvgIpc) is 2.77. The molecule has 0 unspecified atom stereocenters. The summed E-state index contributed by atoms with van der Waals surface area (Å²) in [6.45, 7) is 3.38. The molecule has 0 saturated carbocycles. The van der Waals surface area contributed by atoms with E-state index in [1.165, 1.54) is 12.8 Å². The molecule has 3 heteroatoms. The molecule has 0 bridgehead atoms. The summed E-state index contributed by atoms with van der Waals surface area (Å²) in [5.41, 5.74) is 0. The van der Waals surface area contributed by atoms with Gasteiger partial charge in [-0.25, -0.2) is 0 Å².